The lowest BCUT2D eigenvalue weighted by atomic mass is 9.94. The van der Waals surface area contributed by atoms with E-state index in [0.29, 0.717) is 11.8 Å². The van der Waals surface area contributed by atoms with E-state index in [1.807, 2.05) is 12.1 Å². The number of dihydropyridines is 1. The van der Waals surface area contributed by atoms with Gasteiger partial charge in [-0.3, -0.25) is 4.99 Å². The van der Waals surface area contributed by atoms with E-state index in [0.717, 1.165) is 54.9 Å². The molecule has 0 spiro atoms. The Morgan fingerprint density at radius 2 is 2.08 bits per heavy atom. The molecule has 1 atom stereocenters. The summed E-state index contributed by atoms with van der Waals surface area (Å²) < 4.78 is 5.47. The summed E-state index contributed by atoms with van der Waals surface area (Å²) in [5.74, 6) is 1.12. The van der Waals surface area contributed by atoms with Gasteiger partial charge in [0.1, 0.15) is 11.6 Å². The molecule has 3 rings (SSSR count). The molecule has 2 aliphatic heterocycles. The van der Waals surface area contributed by atoms with Crippen molar-refractivity contribution in [1.82, 2.24) is 4.90 Å². The van der Waals surface area contributed by atoms with Gasteiger partial charge in [0.2, 0.25) is 0 Å². The summed E-state index contributed by atoms with van der Waals surface area (Å²) in [5, 5.41) is 9.78. The molecule has 1 saturated heterocycles. The molecule has 0 aliphatic carbocycles. The maximum absolute atomic E-state index is 9.78. The average molecular weight is 356 g/mol. The van der Waals surface area contributed by atoms with Crippen LogP contribution in [0.15, 0.2) is 46.7 Å². The lowest BCUT2D eigenvalue weighted by molar-refractivity contribution is 0.0578. The van der Waals surface area contributed by atoms with Crippen molar-refractivity contribution in [3.63, 3.8) is 0 Å². The van der Waals surface area contributed by atoms with Gasteiger partial charge in [-0.1, -0.05) is 13.0 Å². The number of aromatic hydroxyl groups is 1. The van der Waals surface area contributed by atoms with Crippen molar-refractivity contribution in [2.45, 2.75) is 38.3 Å². The van der Waals surface area contributed by atoms with Crippen LogP contribution in [0.1, 0.15) is 36.9 Å². The number of rotatable bonds is 3. The number of aryl methyl sites for hydroxylation is 1. The molecular formula is C20H28N4O2. The Balaban J connectivity index is 1.95. The van der Waals surface area contributed by atoms with Gasteiger partial charge < -0.3 is 26.2 Å². The fourth-order valence-electron chi connectivity index (χ4n) is 3.70. The molecule has 6 heteroatoms. The number of hydrogen-bond acceptors (Lipinski definition) is 6. The van der Waals surface area contributed by atoms with Crippen LogP contribution in [0.25, 0.3) is 0 Å². The van der Waals surface area contributed by atoms with Gasteiger partial charge in [0.05, 0.1) is 17.7 Å². The second kappa shape index (κ2) is 7.83. The highest BCUT2D eigenvalue weighted by Crippen LogP contribution is 2.32. The number of aliphatic imine (C=N–C) groups is 1. The minimum absolute atomic E-state index is 0.176. The van der Waals surface area contributed by atoms with Gasteiger partial charge in [0.15, 0.2) is 0 Å². The first-order valence-corrected chi connectivity index (χ1v) is 9.14. The number of likely N-dealkylation sites (tertiary alicyclic amines) is 1. The zero-order valence-electron chi connectivity index (χ0n) is 15.5. The van der Waals surface area contributed by atoms with Crippen LogP contribution in [0.3, 0.4) is 0 Å². The Kier molecular flexibility index (Phi) is 5.52. The Hall–Kier alpha value is -2.47. The first kappa shape index (κ1) is 18.3. The monoisotopic (exact) mass is 356 g/mol. The molecule has 0 aromatic heterocycles. The van der Waals surface area contributed by atoms with Crippen molar-refractivity contribution >= 4 is 5.84 Å². The van der Waals surface area contributed by atoms with Crippen LogP contribution >= 0.6 is 0 Å². The van der Waals surface area contributed by atoms with Crippen molar-refractivity contribution in [2.75, 3.05) is 20.2 Å². The van der Waals surface area contributed by atoms with Crippen LogP contribution < -0.4 is 11.5 Å². The first-order chi connectivity index (χ1) is 12.6. The molecule has 6 nitrogen and oxygen atoms in total. The van der Waals surface area contributed by atoms with E-state index in [4.69, 9.17) is 21.2 Å². The van der Waals surface area contributed by atoms with Gasteiger partial charge in [-0.25, -0.2) is 0 Å². The fraction of sp³-hybridized carbons (Fsp3) is 0.450. The number of phenolic OH excluding ortho intramolecular Hbond substituents is 1. The largest absolute Gasteiger partial charge is 0.508 e. The minimum Gasteiger partial charge on any atom is -0.508 e. The van der Waals surface area contributed by atoms with Crippen LogP contribution in [0, 0.1) is 0 Å². The fourth-order valence-corrected chi connectivity index (χ4v) is 3.70. The number of hydrogen-bond donors (Lipinski definition) is 3. The number of nitrogens with zero attached hydrogens (tertiary/aromatic N) is 2. The second-order valence-electron chi connectivity index (χ2n) is 6.76. The Morgan fingerprint density at radius 1 is 1.35 bits per heavy atom. The molecular weight excluding hydrogens is 328 g/mol. The Morgan fingerprint density at radius 3 is 2.69 bits per heavy atom. The third-order valence-corrected chi connectivity index (χ3v) is 5.22. The highest BCUT2D eigenvalue weighted by atomic mass is 16.5. The molecule has 2 heterocycles. The molecule has 0 amide bonds. The van der Waals surface area contributed by atoms with Crippen LogP contribution in [0.2, 0.25) is 0 Å². The Bertz CT molecular complexity index is 746. The van der Waals surface area contributed by atoms with Gasteiger partial charge in [0.25, 0.3) is 0 Å². The van der Waals surface area contributed by atoms with Gasteiger partial charge in [-0.2, -0.15) is 0 Å². The number of ether oxygens (including phenoxy) is 1. The van der Waals surface area contributed by atoms with E-state index < -0.39 is 0 Å². The van der Waals surface area contributed by atoms with Crippen molar-refractivity contribution in [2.24, 2.45) is 16.5 Å². The minimum atomic E-state index is -0.176. The van der Waals surface area contributed by atoms with Crippen LogP contribution in [-0.4, -0.2) is 42.1 Å². The third-order valence-electron chi connectivity index (χ3n) is 5.22. The summed E-state index contributed by atoms with van der Waals surface area (Å²) in [6.07, 6.45) is 6.52. The highest BCUT2D eigenvalue weighted by Gasteiger charge is 2.28. The second-order valence-corrected chi connectivity index (χ2v) is 6.76. The highest BCUT2D eigenvalue weighted by molar-refractivity contribution is 6.03. The van der Waals surface area contributed by atoms with Crippen LogP contribution in [0.4, 0.5) is 0 Å². The normalized spacial score (nSPS) is 23.1. The van der Waals surface area contributed by atoms with Crippen molar-refractivity contribution in [1.29, 1.82) is 0 Å². The van der Waals surface area contributed by atoms with Crippen LogP contribution in [-0.2, 0) is 11.2 Å². The third kappa shape index (κ3) is 3.55. The Labute approximate surface area is 154 Å². The summed E-state index contributed by atoms with van der Waals surface area (Å²) in [6, 6.07) is 5.25. The standard InChI is InChI=1S/C20H28N4O2/c1-3-13-10-14(25)4-5-16(13)19-11-18(22)17(12-21)20(23-19)24-8-6-15(26-2)7-9-24/h4-5,10-12,15,19,25H,3,6-9,21-22H2,1-2H3. The lowest BCUT2D eigenvalue weighted by Crippen LogP contribution is -2.43. The van der Waals surface area contributed by atoms with Gasteiger partial charge in [-0.15, -0.1) is 0 Å². The van der Waals surface area contributed by atoms with E-state index in [9.17, 15) is 5.11 Å². The lowest BCUT2D eigenvalue weighted by Gasteiger charge is -2.36. The van der Waals surface area contributed by atoms with E-state index in [1.54, 1.807) is 25.4 Å². The molecule has 1 unspecified atom stereocenters. The predicted molar refractivity (Wildman–Crippen MR) is 104 cm³/mol. The smallest absolute Gasteiger partial charge is 0.135 e. The van der Waals surface area contributed by atoms with E-state index in [2.05, 4.69) is 11.8 Å². The number of amidine groups is 1. The molecule has 1 fully saturated rings. The average Bonchev–Trinajstić information content (AvgIpc) is 2.67. The molecule has 2 aliphatic rings. The maximum Gasteiger partial charge on any atom is 0.135 e. The summed E-state index contributed by atoms with van der Waals surface area (Å²) in [4.78, 5) is 7.23. The quantitative estimate of drug-likeness (QED) is 0.771. The zero-order valence-corrected chi connectivity index (χ0v) is 15.5. The molecule has 1 aromatic rings. The van der Waals surface area contributed by atoms with Crippen molar-refractivity contribution in [3.05, 3.63) is 52.9 Å². The molecule has 0 saturated carbocycles. The topological polar surface area (TPSA) is 97.1 Å². The number of benzene rings is 1. The van der Waals surface area contributed by atoms with E-state index in [-0.39, 0.29) is 11.8 Å². The van der Waals surface area contributed by atoms with Gasteiger partial charge in [-0.05, 0) is 48.6 Å². The number of nitrogens with two attached hydrogens (primary N) is 2. The first-order valence-electron chi connectivity index (χ1n) is 9.14. The van der Waals surface area contributed by atoms with Crippen LogP contribution in [0.5, 0.6) is 5.75 Å². The number of phenols is 1. The van der Waals surface area contributed by atoms with E-state index in [1.165, 1.54) is 0 Å². The summed E-state index contributed by atoms with van der Waals surface area (Å²) in [6.45, 7) is 3.80. The van der Waals surface area contributed by atoms with E-state index >= 15 is 0 Å². The molecule has 0 bridgehead atoms. The predicted octanol–water partition coefficient (Wildman–Crippen LogP) is 2.20. The molecule has 140 valence electrons. The number of methoxy groups -OCH3 is 1. The molecule has 1 aromatic carbocycles. The SMILES string of the molecule is CCc1cc(O)ccc1C1C=C(N)C(=CN)C(N2CCC(OC)CC2)=N1. The van der Waals surface area contributed by atoms with Crippen molar-refractivity contribution < 1.29 is 9.84 Å². The summed E-state index contributed by atoms with van der Waals surface area (Å²) in [5.41, 5.74) is 15.7. The summed E-state index contributed by atoms with van der Waals surface area (Å²) in [7, 11) is 1.76. The van der Waals surface area contributed by atoms with Gasteiger partial charge >= 0.3 is 0 Å². The molecule has 5 N–H and O–H groups in total. The van der Waals surface area contributed by atoms with Crippen molar-refractivity contribution in [3.8, 4) is 5.75 Å². The molecule has 26 heavy (non-hydrogen) atoms. The maximum atomic E-state index is 9.78. The molecule has 0 radical (unpaired) electrons. The number of piperidine rings is 1. The van der Waals surface area contributed by atoms with Gasteiger partial charge in [0, 0.05) is 32.1 Å². The summed E-state index contributed by atoms with van der Waals surface area (Å²) >= 11 is 0. The zero-order chi connectivity index (χ0) is 18.7.